The molecule has 0 aliphatic heterocycles. The molecule has 1 nitrogen and oxygen atoms in total. The molecule has 82 valence electrons. The molecule has 0 aliphatic rings. The molecule has 0 N–H and O–H groups in total. The Bertz CT molecular complexity index is 411. The number of Topliss-reactive ketones (excluding diaryl/α,β-unsaturated/α-hetero) is 1. The highest BCUT2D eigenvalue weighted by Crippen LogP contribution is 2.36. The fourth-order valence-electron chi connectivity index (χ4n) is 1.04. The number of rotatable bonds is 1. The van der Waals surface area contributed by atoms with Crippen LogP contribution < -0.4 is 0 Å². The zero-order valence-corrected chi connectivity index (χ0v) is 8.21. The van der Waals surface area contributed by atoms with Crippen LogP contribution in [0.1, 0.15) is 22.8 Å². The summed E-state index contributed by atoms with van der Waals surface area (Å²) >= 11 is 5.22. The number of ketones is 1. The molecule has 0 unspecified atom stereocenters. The van der Waals surface area contributed by atoms with Crippen molar-refractivity contribution in [2.75, 3.05) is 0 Å². The van der Waals surface area contributed by atoms with Gasteiger partial charge in [-0.25, -0.2) is 4.39 Å². The van der Waals surface area contributed by atoms with Crippen molar-refractivity contribution in [3.05, 3.63) is 34.1 Å². The number of hydrogen-bond donors (Lipinski definition) is 0. The first-order valence-electron chi connectivity index (χ1n) is 3.80. The molecule has 0 aliphatic carbocycles. The van der Waals surface area contributed by atoms with Crippen molar-refractivity contribution in [1.82, 2.24) is 0 Å². The quantitative estimate of drug-likeness (QED) is 0.540. The smallest absolute Gasteiger partial charge is 0.294 e. The van der Waals surface area contributed by atoms with E-state index in [1.54, 1.807) is 0 Å². The Hall–Kier alpha value is -1.10. The molecule has 0 radical (unpaired) electrons. The highest BCUT2D eigenvalue weighted by molar-refractivity contribution is 6.31. The molecule has 0 heterocycles. The van der Waals surface area contributed by atoms with Gasteiger partial charge >= 0.3 is 6.18 Å². The van der Waals surface area contributed by atoms with Crippen molar-refractivity contribution >= 4 is 17.4 Å². The van der Waals surface area contributed by atoms with Crippen LogP contribution in [-0.2, 0) is 6.18 Å². The summed E-state index contributed by atoms with van der Waals surface area (Å²) in [5, 5.41) is -0.759. The van der Waals surface area contributed by atoms with E-state index in [0.717, 1.165) is 6.92 Å². The van der Waals surface area contributed by atoms with Gasteiger partial charge in [0.25, 0.3) is 0 Å². The number of benzene rings is 1. The molecule has 1 aromatic rings. The normalized spacial score (nSPS) is 11.6. The number of carbonyl (C=O) groups is 1. The van der Waals surface area contributed by atoms with Gasteiger partial charge in [-0.2, -0.15) is 13.2 Å². The zero-order chi connectivity index (χ0) is 11.8. The van der Waals surface area contributed by atoms with Crippen LogP contribution in [0, 0.1) is 5.82 Å². The molecule has 0 bridgehead atoms. The van der Waals surface area contributed by atoms with Gasteiger partial charge in [0, 0.05) is 0 Å². The summed E-state index contributed by atoms with van der Waals surface area (Å²) in [7, 11) is 0. The van der Waals surface area contributed by atoms with E-state index in [1.807, 2.05) is 0 Å². The molecule has 0 spiro atoms. The van der Waals surface area contributed by atoms with Crippen molar-refractivity contribution in [3.8, 4) is 0 Å². The van der Waals surface area contributed by atoms with Crippen LogP contribution >= 0.6 is 11.6 Å². The van der Waals surface area contributed by atoms with Crippen molar-refractivity contribution in [2.24, 2.45) is 0 Å². The minimum Gasteiger partial charge on any atom is -0.294 e. The largest absolute Gasteiger partial charge is 0.417 e. The molecule has 0 fully saturated rings. The summed E-state index contributed by atoms with van der Waals surface area (Å²) in [5.74, 6) is -1.84. The maximum absolute atomic E-state index is 13.0. The van der Waals surface area contributed by atoms with Crippen LogP contribution in [0.15, 0.2) is 12.1 Å². The molecule has 0 aromatic heterocycles. The van der Waals surface area contributed by atoms with Gasteiger partial charge in [0.1, 0.15) is 5.82 Å². The summed E-state index contributed by atoms with van der Waals surface area (Å²) in [4.78, 5) is 10.8. The summed E-state index contributed by atoms with van der Waals surface area (Å²) in [6.07, 6.45) is -4.70. The summed E-state index contributed by atoms with van der Waals surface area (Å²) in [6.45, 7) is 0.979. The minimum atomic E-state index is -4.70. The standard InChI is InChI=1S/C9H5ClF4O/c1-4(15)5-2-6(9(12,13)14)7(10)3-8(5)11/h2-3H,1H3. The Morgan fingerprint density at radius 1 is 1.33 bits per heavy atom. The van der Waals surface area contributed by atoms with Gasteiger partial charge in [0.05, 0.1) is 16.1 Å². The van der Waals surface area contributed by atoms with Gasteiger partial charge in [0.15, 0.2) is 5.78 Å². The second kappa shape index (κ2) is 3.81. The predicted octanol–water partition coefficient (Wildman–Crippen LogP) is 3.70. The summed E-state index contributed by atoms with van der Waals surface area (Å²) in [5.41, 5.74) is -1.83. The molecule has 1 rings (SSSR count). The van der Waals surface area contributed by atoms with Gasteiger partial charge in [-0.3, -0.25) is 4.79 Å². The molecule has 15 heavy (non-hydrogen) atoms. The summed E-state index contributed by atoms with van der Waals surface area (Å²) < 4.78 is 49.9. The van der Waals surface area contributed by atoms with E-state index in [-0.39, 0.29) is 0 Å². The van der Waals surface area contributed by atoms with Gasteiger partial charge < -0.3 is 0 Å². The Balaban J connectivity index is 3.43. The van der Waals surface area contributed by atoms with E-state index in [0.29, 0.717) is 12.1 Å². The number of carbonyl (C=O) groups excluding carboxylic acids is 1. The lowest BCUT2D eigenvalue weighted by Gasteiger charge is -2.10. The molecule has 0 amide bonds. The maximum atomic E-state index is 13.0. The molecular formula is C9H5ClF4O. The van der Waals surface area contributed by atoms with Gasteiger partial charge in [-0.1, -0.05) is 11.6 Å². The van der Waals surface area contributed by atoms with Crippen LogP contribution in [0.2, 0.25) is 5.02 Å². The first kappa shape index (κ1) is 12.0. The summed E-state index contributed by atoms with van der Waals surface area (Å²) in [6, 6.07) is 0.904. The third kappa shape index (κ3) is 2.47. The third-order valence-electron chi connectivity index (χ3n) is 1.74. The minimum absolute atomic E-state index is 0.417. The van der Waals surface area contributed by atoms with E-state index in [2.05, 4.69) is 0 Å². The zero-order valence-electron chi connectivity index (χ0n) is 7.45. The first-order valence-corrected chi connectivity index (χ1v) is 4.18. The Labute approximate surface area is 87.7 Å². The monoisotopic (exact) mass is 240 g/mol. The number of alkyl halides is 3. The fraction of sp³-hybridized carbons (Fsp3) is 0.222. The SMILES string of the molecule is CC(=O)c1cc(C(F)(F)F)c(Cl)cc1F. The Kier molecular flexibility index (Phi) is 3.04. The first-order chi connectivity index (χ1) is 6.73. The second-order valence-electron chi connectivity index (χ2n) is 2.87. The Morgan fingerprint density at radius 3 is 2.27 bits per heavy atom. The van der Waals surface area contributed by atoms with Crippen molar-refractivity contribution in [2.45, 2.75) is 13.1 Å². The van der Waals surface area contributed by atoms with Crippen molar-refractivity contribution < 1.29 is 22.4 Å². The number of hydrogen-bond acceptors (Lipinski definition) is 1. The van der Waals surface area contributed by atoms with E-state index in [4.69, 9.17) is 11.6 Å². The lowest BCUT2D eigenvalue weighted by atomic mass is 10.1. The molecule has 1 aromatic carbocycles. The molecule has 6 heteroatoms. The predicted molar refractivity (Wildman–Crippen MR) is 46.4 cm³/mol. The van der Waals surface area contributed by atoms with Gasteiger partial charge in [-0.15, -0.1) is 0 Å². The molecular weight excluding hydrogens is 236 g/mol. The maximum Gasteiger partial charge on any atom is 0.417 e. The third-order valence-corrected chi connectivity index (χ3v) is 2.05. The van der Waals surface area contributed by atoms with Gasteiger partial charge in [-0.05, 0) is 19.1 Å². The van der Waals surface area contributed by atoms with Crippen LogP contribution in [-0.4, -0.2) is 5.78 Å². The van der Waals surface area contributed by atoms with Gasteiger partial charge in [0.2, 0.25) is 0 Å². The lowest BCUT2D eigenvalue weighted by Crippen LogP contribution is -2.09. The van der Waals surface area contributed by atoms with E-state index in [9.17, 15) is 22.4 Å². The van der Waals surface area contributed by atoms with Crippen LogP contribution in [0.4, 0.5) is 17.6 Å². The molecule has 0 saturated heterocycles. The van der Waals surface area contributed by atoms with Crippen LogP contribution in [0.5, 0.6) is 0 Å². The van der Waals surface area contributed by atoms with E-state index < -0.39 is 33.9 Å². The fourth-order valence-corrected chi connectivity index (χ4v) is 1.29. The molecule has 0 atom stereocenters. The average Bonchev–Trinajstić information content (AvgIpc) is 2.00. The van der Waals surface area contributed by atoms with Crippen LogP contribution in [0.25, 0.3) is 0 Å². The lowest BCUT2D eigenvalue weighted by molar-refractivity contribution is -0.137. The van der Waals surface area contributed by atoms with E-state index >= 15 is 0 Å². The van der Waals surface area contributed by atoms with E-state index in [1.165, 1.54) is 0 Å². The van der Waals surface area contributed by atoms with Crippen molar-refractivity contribution in [3.63, 3.8) is 0 Å². The highest BCUT2D eigenvalue weighted by Gasteiger charge is 2.34. The molecule has 0 saturated carbocycles. The second-order valence-corrected chi connectivity index (χ2v) is 3.27. The van der Waals surface area contributed by atoms with Crippen LogP contribution in [0.3, 0.4) is 0 Å². The number of halogens is 5. The topological polar surface area (TPSA) is 17.1 Å². The van der Waals surface area contributed by atoms with Crippen molar-refractivity contribution in [1.29, 1.82) is 0 Å². The average molecular weight is 241 g/mol. The highest BCUT2D eigenvalue weighted by atomic mass is 35.5. The Morgan fingerprint density at radius 2 is 1.87 bits per heavy atom.